The number of hydrogen-bond acceptors (Lipinski definition) is 2. The van der Waals surface area contributed by atoms with E-state index in [-0.39, 0.29) is 23.7 Å². The molecule has 0 spiro atoms. The van der Waals surface area contributed by atoms with Gasteiger partial charge in [-0.05, 0) is 98.3 Å². The second kappa shape index (κ2) is 9.97. The molecule has 178 valence electrons. The van der Waals surface area contributed by atoms with Crippen LogP contribution < -0.4 is 10.6 Å². The van der Waals surface area contributed by atoms with Crippen LogP contribution >= 0.6 is 0 Å². The quantitative estimate of drug-likeness (QED) is 0.517. The number of carbonyl (C=O) groups is 2. The van der Waals surface area contributed by atoms with Crippen LogP contribution in [0.4, 0.5) is 11.4 Å². The third kappa shape index (κ3) is 6.59. The van der Waals surface area contributed by atoms with E-state index in [1.54, 1.807) is 0 Å². The number of carbonyl (C=O) groups excluding carboxylic acids is 2. The summed E-state index contributed by atoms with van der Waals surface area (Å²) in [5.74, 6) is 1.89. The minimum absolute atomic E-state index is 0.108. The van der Waals surface area contributed by atoms with Gasteiger partial charge in [-0.1, -0.05) is 41.5 Å². The van der Waals surface area contributed by atoms with Crippen LogP contribution in [0.1, 0.15) is 92.9 Å². The maximum atomic E-state index is 12.7. The van der Waals surface area contributed by atoms with Crippen molar-refractivity contribution in [3.05, 3.63) is 24.3 Å². The van der Waals surface area contributed by atoms with Gasteiger partial charge in [-0.15, -0.1) is 0 Å². The van der Waals surface area contributed by atoms with E-state index in [1.165, 1.54) is 0 Å². The van der Waals surface area contributed by atoms with Crippen LogP contribution in [-0.4, -0.2) is 11.8 Å². The van der Waals surface area contributed by atoms with Crippen molar-refractivity contribution < 1.29 is 9.59 Å². The zero-order valence-electron chi connectivity index (χ0n) is 21.1. The Morgan fingerprint density at radius 1 is 0.594 bits per heavy atom. The Morgan fingerprint density at radius 2 is 0.875 bits per heavy atom. The van der Waals surface area contributed by atoms with Crippen LogP contribution in [-0.2, 0) is 9.59 Å². The van der Waals surface area contributed by atoms with Crippen molar-refractivity contribution in [2.75, 3.05) is 10.6 Å². The average Bonchev–Trinajstić information content (AvgIpc) is 2.74. The first kappa shape index (κ1) is 24.8. The molecule has 2 fully saturated rings. The summed E-state index contributed by atoms with van der Waals surface area (Å²) in [7, 11) is 0. The first-order valence-electron chi connectivity index (χ1n) is 12.7. The largest absolute Gasteiger partial charge is 0.326 e. The van der Waals surface area contributed by atoms with Crippen molar-refractivity contribution in [2.24, 2.45) is 34.5 Å². The van der Waals surface area contributed by atoms with E-state index in [0.717, 1.165) is 62.7 Å². The number of anilines is 2. The van der Waals surface area contributed by atoms with Gasteiger partial charge in [-0.2, -0.15) is 0 Å². The minimum atomic E-state index is 0.108. The molecule has 0 saturated heterocycles. The van der Waals surface area contributed by atoms with Crippen molar-refractivity contribution in [2.45, 2.75) is 92.9 Å². The third-order valence-corrected chi connectivity index (χ3v) is 8.07. The van der Waals surface area contributed by atoms with Crippen molar-refractivity contribution in [3.8, 4) is 0 Å². The lowest BCUT2D eigenvalue weighted by atomic mass is 9.69. The molecule has 0 heterocycles. The molecule has 4 heteroatoms. The van der Waals surface area contributed by atoms with E-state index >= 15 is 0 Å². The summed E-state index contributed by atoms with van der Waals surface area (Å²) in [6.07, 6.45) is 8.40. The van der Waals surface area contributed by atoms with Crippen LogP contribution in [0.3, 0.4) is 0 Å². The summed E-state index contributed by atoms with van der Waals surface area (Å²) in [4.78, 5) is 25.4. The van der Waals surface area contributed by atoms with E-state index in [0.29, 0.717) is 22.7 Å². The summed E-state index contributed by atoms with van der Waals surface area (Å²) < 4.78 is 0. The summed E-state index contributed by atoms with van der Waals surface area (Å²) in [5, 5.41) is 6.15. The van der Waals surface area contributed by atoms with E-state index in [9.17, 15) is 9.59 Å². The van der Waals surface area contributed by atoms with Crippen molar-refractivity contribution in [1.82, 2.24) is 0 Å². The van der Waals surface area contributed by atoms with E-state index in [1.807, 2.05) is 24.3 Å². The van der Waals surface area contributed by atoms with E-state index < -0.39 is 0 Å². The third-order valence-electron chi connectivity index (χ3n) is 8.07. The Balaban J connectivity index is 1.45. The van der Waals surface area contributed by atoms with Crippen LogP contribution in [0, 0.1) is 34.5 Å². The van der Waals surface area contributed by atoms with Gasteiger partial charge >= 0.3 is 0 Å². The molecule has 1 aromatic carbocycles. The SMILES string of the molecule is CC(C)(C)C1CCC(C(=O)Nc2ccc(NC(=O)C3CCC(C(C)(C)C)CC3)cc2)CC1. The molecule has 0 unspecified atom stereocenters. The normalized spacial score (nSPS) is 26.9. The van der Waals surface area contributed by atoms with E-state index in [4.69, 9.17) is 0 Å². The molecule has 2 amide bonds. The molecule has 2 saturated carbocycles. The standard InChI is InChI=1S/C28H44N2O2/c1-27(2,3)21-11-7-19(8-12-21)25(31)29-23-15-17-24(18-16-23)30-26(32)20-9-13-22(14-10-20)28(4,5)6/h15-22H,7-14H2,1-6H3,(H,29,31)(H,30,32). The van der Waals surface area contributed by atoms with Gasteiger partial charge in [-0.25, -0.2) is 0 Å². The predicted molar refractivity (Wildman–Crippen MR) is 134 cm³/mol. The molecule has 0 aromatic heterocycles. The van der Waals surface area contributed by atoms with Crippen LogP contribution in [0.2, 0.25) is 0 Å². The predicted octanol–water partition coefficient (Wildman–Crippen LogP) is 7.27. The fraction of sp³-hybridized carbons (Fsp3) is 0.714. The van der Waals surface area contributed by atoms with Crippen molar-refractivity contribution in [3.63, 3.8) is 0 Å². The van der Waals surface area contributed by atoms with Gasteiger partial charge in [0.25, 0.3) is 0 Å². The Hall–Kier alpha value is -1.84. The van der Waals surface area contributed by atoms with Crippen LogP contribution in [0.15, 0.2) is 24.3 Å². The molecule has 32 heavy (non-hydrogen) atoms. The molecule has 2 N–H and O–H groups in total. The van der Waals surface area contributed by atoms with Gasteiger partial charge in [0.2, 0.25) is 11.8 Å². The summed E-state index contributed by atoms with van der Waals surface area (Å²) in [6, 6.07) is 7.57. The van der Waals surface area contributed by atoms with Gasteiger partial charge in [0, 0.05) is 23.2 Å². The lowest BCUT2D eigenvalue weighted by Gasteiger charge is -2.36. The molecule has 4 nitrogen and oxygen atoms in total. The molecule has 3 rings (SSSR count). The minimum Gasteiger partial charge on any atom is -0.326 e. The zero-order valence-corrected chi connectivity index (χ0v) is 21.1. The van der Waals surface area contributed by atoms with Gasteiger partial charge in [0.1, 0.15) is 0 Å². The lowest BCUT2D eigenvalue weighted by Crippen LogP contribution is -2.31. The first-order valence-corrected chi connectivity index (χ1v) is 12.7. The number of benzene rings is 1. The topological polar surface area (TPSA) is 58.2 Å². The Bertz CT molecular complexity index is 702. The Morgan fingerprint density at radius 3 is 1.12 bits per heavy atom. The van der Waals surface area contributed by atoms with Gasteiger partial charge in [0.15, 0.2) is 0 Å². The highest BCUT2D eigenvalue weighted by Crippen LogP contribution is 2.41. The molecular weight excluding hydrogens is 396 g/mol. The maximum absolute atomic E-state index is 12.7. The molecule has 0 atom stereocenters. The summed E-state index contributed by atoms with van der Waals surface area (Å²) >= 11 is 0. The van der Waals surface area contributed by atoms with E-state index in [2.05, 4.69) is 52.2 Å². The molecule has 0 radical (unpaired) electrons. The zero-order chi connectivity index (χ0) is 23.5. The Kier molecular flexibility index (Phi) is 7.73. The molecular formula is C28H44N2O2. The monoisotopic (exact) mass is 440 g/mol. The highest BCUT2D eigenvalue weighted by Gasteiger charge is 2.33. The molecule has 2 aliphatic carbocycles. The second-order valence-corrected chi connectivity index (χ2v) is 12.4. The number of rotatable bonds is 4. The second-order valence-electron chi connectivity index (χ2n) is 12.4. The number of hydrogen-bond donors (Lipinski definition) is 2. The van der Waals surface area contributed by atoms with Crippen LogP contribution in [0.25, 0.3) is 0 Å². The van der Waals surface area contributed by atoms with Gasteiger partial charge in [-0.3, -0.25) is 9.59 Å². The number of amides is 2. The first-order chi connectivity index (χ1) is 14.9. The Labute approximate surface area is 195 Å². The fourth-order valence-electron chi connectivity index (χ4n) is 5.57. The molecule has 0 aliphatic heterocycles. The van der Waals surface area contributed by atoms with Crippen molar-refractivity contribution in [1.29, 1.82) is 0 Å². The summed E-state index contributed by atoms with van der Waals surface area (Å²) in [5.41, 5.74) is 2.26. The smallest absolute Gasteiger partial charge is 0.227 e. The average molecular weight is 441 g/mol. The van der Waals surface area contributed by atoms with Crippen molar-refractivity contribution >= 4 is 23.2 Å². The number of nitrogens with one attached hydrogen (secondary N) is 2. The van der Waals surface area contributed by atoms with Crippen LogP contribution in [0.5, 0.6) is 0 Å². The molecule has 1 aromatic rings. The highest BCUT2D eigenvalue weighted by atomic mass is 16.2. The van der Waals surface area contributed by atoms with Gasteiger partial charge in [0.05, 0.1) is 0 Å². The highest BCUT2D eigenvalue weighted by molar-refractivity contribution is 5.94. The van der Waals surface area contributed by atoms with Gasteiger partial charge < -0.3 is 10.6 Å². The fourth-order valence-corrected chi connectivity index (χ4v) is 5.57. The molecule has 2 aliphatic rings. The maximum Gasteiger partial charge on any atom is 0.227 e. The molecule has 0 bridgehead atoms. The summed E-state index contributed by atoms with van der Waals surface area (Å²) in [6.45, 7) is 13.8. The lowest BCUT2D eigenvalue weighted by molar-refractivity contribution is -0.122.